The molecule has 2 aromatic carbocycles. The quantitative estimate of drug-likeness (QED) is 0.0191. The Morgan fingerprint density at radius 3 is 2.18 bits per heavy atom. The maximum Gasteiger partial charge on any atom is 0.408 e. The molecule has 0 spiro atoms. The predicted octanol–water partition coefficient (Wildman–Crippen LogP) is -3.37. The second-order valence-corrected chi connectivity index (χ2v) is 16.2. The summed E-state index contributed by atoms with van der Waals surface area (Å²) >= 11 is 0. The number of carbonyl (C=O) groups is 5. The summed E-state index contributed by atoms with van der Waals surface area (Å²) in [4.78, 5) is 70.1. The molecular weight excluding hydrogens is 889 g/mol. The number of aryl methyl sites for hydroxylation is 2. The van der Waals surface area contributed by atoms with E-state index >= 15 is 0 Å². The topological polar surface area (TPSA) is 400 Å². The first-order chi connectivity index (χ1) is 32.4. The molecule has 1 aromatic heterocycles. The number of phenolic OH excluding ortho intramolecular Hbond substituents is 1. The van der Waals surface area contributed by atoms with E-state index < -0.39 is 91.1 Å². The van der Waals surface area contributed by atoms with Crippen molar-refractivity contribution < 1.29 is 59.0 Å². The van der Waals surface area contributed by atoms with Crippen molar-refractivity contribution in [3.05, 3.63) is 76.6 Å². The first kappa shape index (κ1) is 53.7. The summed E-state index contributed by atoms with van der Waals surface area (Å²) < 4.78 is 11.6. The Morgan fingerprint density at radius 1 is 0.868 bits per heavy atom. The van der Waals surface area contributed by atoms with E-state index in [1.165, 1.54) is 6.20 Å². The number of amides is 5. The summed E-state index contributed by atoms with van der Waals surface area (Å²) in [6.45, 7) is 2.88. The van der Waals surface area contributed by atoms with Crippen LogP contribution in [0.1, 0.15) is 66.3 Å². The van der Waals surface area contributed by atoms with Gasteiger partial charge in [-0.05, 0) is 92.7 Å². The fourth-order valence-corrected chi connectivity index (χ4v) is 7.25. The number of aromatic hydroxyl groups is 1. The van der Waals surface area contributed by atoms with Crippen molar-refractivity contribution in [3.8, 4) is 17.6 Å². The molecule has 17 N–H and O–H groups in total. The van der Waals surface area contributed by atoms with Gasteiger partial charge in [0.25, 0.3) is 0 Å². The van der Waals surface area contributed by atoms with Crippen molar-refractivity contribution in [1.29, 1.82) is 0 Å². The van der Waals surface area contributed by atoms with Crippen molar-refractivity contribution >= 4 is 35.7 Å². The molecule has 0 aliphatic carbocycles. The van der Waals surface area contributed by atoms with Crippen LogP contribution < -0.4 is 44.2 Å². The maximum absolute atomic E-state index is 14.0. The molecule has 1 fully saturated rings. The van der Waals surface area contributed by atoms with Gasteiger partial charge in [-0.2, -0.15) is 0 Å². The second kappa shape index (κ2) is 26.5. The zero-order chi connectivity index (χ0) is 49.9. The van der Waals surface area contributed by atoms with Gasteiger partial charge in [0, 0.05) is 19.5 Å². The zero-order valence-electron chi connectivity index (χ0n) is 37.8. The van der Waals surface area contributed by atoms with Crippen LogP contribution in [0.2, 0.25) is 0 Å². The van der Waals surface area contributed by atoms with Gasteiger partial charge in [0.1, 0.15) is 48.3 Å². The molecule has 24 heteroatoms. The molecule has 0 radical (unpaired) electrons. The molecule has 9 atom stereocenters. The van der Waals surface area contributed by atoms with Gasteiger partial charge in [-0.25, -0.2) is 9.48 Å². The average molecular weight is 951 g/mol. The Balaban J connectivity index is 1.31. The highest BCUT2D eigenvalue weighted by molar-refractivity contribution is 5.94. The highest BCUT2D eigenvalue weighted by Gasteiger charge is 2.44. The zero-order valence-corrected chi connectivity index (χ0v) is 37.8. The van der Waals surface area contributed by atoms with Gasteiger partial charge in [0.05, 0.1) is 18.8 Å². The Labute approximate surface area is 392 Å². The number of hydrogen-bond donors (Lipinski definition) is 13. The number of aromatic nitrogens is 3. The van der Waals surface area contributed by atoms with Gasteiger partial charge >= 0.3 is 6.09 Å². The van der Waals surface area contributed by atoms with Gasteiger partial charge < -0.3 is 79.2 Å². The summed E-state index contributed by atoms with van der Waals surface area (Å²) in [6.07, 6.45) is -5.42. The molecule has 0 unspecified atom stereocenters. The van der Waals surface area contributed by atoms with Gasteiger partial charge in [0.2, 0.25) is 23.6 Å². The Bertz CT molecular complexity index is 2240. The van der Waals surface area contributed by atoms with E-state index in [4.69, 9.17) is 32.4 Å². The molecule has 68 heavy (non-hydrogen) atoms. The lowest BCUT2D eigenvalue weighted by molar-refractivity contribution is -0.254. The highest BCUT2D eigenvalue weighted by atomic mass is 16.6. The second-order valence-electron chi connectivity index (χ2n) is 16.2. The van der Waals surface area contributed by atoms with Gasteiger partial charge in [-0.15, -0.1) is 5.10 Å². The van der Waals surface area contributed by atoms with Crippen LogP contribution in [0.25, 0.3) is 0 Å². The number of aliphatic hydroxyl groups is 4. The van der Waals surface area contributed by atoms with E-state index in [9.17, 15) is 49.5 Å². The molecule has 0 saturated carbocycles. The molecule has 370 valence electrons. The lowest BCUT2D eigenvalue weighted by Crippen LogP contribution is -2.58. The number of ether oxygens (including phenoxy) is 2. The van der Waals surface area contributed by atoms with Crippen LogP contribution in [-0.2, 0) is 41.5 Å². The van der Waals surface area contributed by atoms with E-state index in [1.54, 1.807) is 56.3 Å². The summed E-state index contributed by atoms with van der Waals surface area (Å²) in [7, 11) is 0. The fraction of sp³-hybridized carbons (Fsp3) is 0.500. The number of carbonyl (C=O) groups excluding carboxylic acids is 5. The van der Waals surface area contributed by atoms with Crippen LogP contribution in [-0.4, -0.2) is 151 Å². The molecule has 4 rings (SSSR count). The van der Waals surface area contributed by atoms with Gasteiger partial charge in [-0.1, -0.05) is 41.5 Å². The number of guanidine groups is 1. The van der Waals surface area contributed by atoms with Crippen LogP contribution >= 0.6 is 0 Å². The maximum atomic E-state index is 14.0. The largest absolute Gasteiger partial charge is 0.508 e. The minimum atomic E-state index is -1.61. The molecular formula is C44H62N12O12. The van der Waals surface area contributed by atoms with E-state index in [-0.39, 0.29) is 69.2 Å². The smallest absolute Gasteiger partial charge is 0.408 e. The molecule has 1 saturated heterocycles. The highest BCUT2D eigenvalue weighted by Crippen LogP contribution is 2.28. The number of aliphatic imine (C=N–C) groups is 1. The number of hydrogen-bond acceptors (Lipinski definition) is 16. The summed E-state index contributed by atoms with van der Waals surface area (Å²) in [5.74, 6) is 2.24. The van der Waals surface area contributed by atoms with Crippen molar-refractivity contribution in [2.75, 3.05) is 26.3 Å². The molecule has 2 heterocycles. The van der Waals surface area contributed by atoms with Crippen molar-refractivity contribution in [2.45, 2.75) is 114 Å². The molecule has 1 aliphatic heterocycles. The molecule has 1 aliphatic rings. The lowest BCUT2D eigenvalue weighted by atomic mass is 9.95. The summed E-state index contributed by atoms with van der Waals surface area (Å²) in [6, 6.07) is 7.30. The number of nitrogens with one attached hydrogen (secondary N) is 4. The van der Waals surface area contributed by atoms with Gasteiger partial charge in [-0.3, -0.25) is 24.2 Å². The minimum Gasteiger partial charge on any atom is -0.508 e. The monoisotopic (exact) mass is 950 g/mol. The first-order valence-corrected chi connectivity index (χ1v) is 21.8. The minimum absolute atomic E-state index is 0.0101. The van der Waals surface area contributed by atoms with Gasteiger partial charge in [0.15, 0.2) is 24.5 Å². The van der Waals surface area contributed by atoms with Crippen LogP contribution in [0.15, 0.2) is 53.7 Å². The van der Waals surface area contributed by atoms with E-state index in [2.05, 4.69) is 48.4 Å². The number of primary amides is 1. The molecule has 3 aromatic rings. The van der Waals surface area contributed by atoms with E-state index in [1.807, 2.05) is 0 Å². The summed E-state index contributed by atoms with van der Waals surface area (Å²) in [5, 5.41) is 67.9. The third kappa shape index (κ3) is 16.5. The number of rotatable bonds is 23. The number of aliphatic hydroxyl groups excluding tert-OH is 4. The van der Waals surface area contributed by atoms with Crippen molar-refractivity contribution in [1.82, 2.24) is 36.3 Å². The van der Waals surface area contributed by atoms with Crippen molar-refractivity contribution in [2.24, 2.45) is 27.9 Å². The third-order valence-corrected chi connectivity index (χ3v) is 10.9. The molecule has 5 amide bonds. The number of alkyl carbamates (subject to hydrolysis) is 1. The number of unbranched alkanes of at least 4 members (excludes halogenated alkanes) is 1. The lowest BCUT2D eigenvalue weighted by Gasteiger charge is -2.39. The Morgan fingerprint density at radius 2 is 1.51 bits per heavy atom. The molecule has 0 bridgehead atoms. The van der Waals surface area contributed by atoms with E-state index in [0.29, 0.717) is 18.4 Å². The van der Waals surface area contributed by atoms with Crippen molar-refractivity contribution in [3.63, 3.8) is 0 Å². The normalized spacial score (nSPS) is 19.4. The predicted molar refractivity (Wildman–Crippen MR) is 243 cm³/mol. The average Bonchev–Trinajstić information content (AvgIpc) is 3.77. The van der Waals surface area contributed by atoms with Crippen LogP contribution in [0, 0.1) is 25.7 Å². The third-order valence-electron chi connectivity index (χ3n) is 10.9. The summed E-state index contributed by atoms with van der Waals surface area (Å²) in [5.41, 5.74) is 26.0. The SMILES string of the molecule is Cc1cc(O)cc(C)c1C[C@H](N)C(=O)N[C@H](CCCN=C(N)N)C(=O)N[C@@H](Cc1ccccc1)C(=O)N[C@@H](CCCCNC(=O)OCC#Cc1cn([C@@H]2O[C@H](CO)[C@@H](O)[C@H](O)[C@H]2O)nn1)C(N)=O. The van der Waals surface area contributed by atoms with E-state index in [0.717, 1.165) is 21.4 Å². The van der Waals surface area contributed by atoms with Crippen LogP contribution in [0.3, 0.4) is 0 Å². The van der Waals surface area contributed by atoms with Crippen LogP contribution in [0.5, 0.6) is 5.75 Å². The standard InChI is InChI=1S/C44H62N12O12/c1-24-18-28(58)19-25(2)29(24)21-30(45)39(63)52-32(14-8-16-49-43(47)48)40(64)53-33(20-26-10-4-3-5-11-26)41(65)51-31(38(46)62)13-6-7-15-50-44(66)67-17-9-12-27-22-56(55-54-27)42-37(61)36(60)35(59)34(23-57)68-42/h3-5,10-11,18-19,22,30-37,42,57-61H,6-8,13-17,20-21,23,45H2,1-2H3,(H2,46,62)(H,50,66)(H,51,65)(H,52,63)(H,53,64)(H4,47,48,49)/t30-,31-,32+,33-,34+,35+,36-,37+,42+/m0/s1. The number of nitrogens with zero attached hydrogens (tertiary/aromatic N) is 4. The number of phenols is 1. The number of benzene rings is 2. The fourth-order valence-electron chi connectivity index (χ4n) is 7.25. The number of nitrogens with two attached hydrogens (primary N) is 4. The van der Waals surface area contributed by atoms with Crippen LogP contribution in [0.4, 0.5) is 4.79 Å². The molecule has 24 nitrogen and oxygen atoms in total. The first-order valence-electron chi connectivity index (χ1n) is 21.8. The Hall–Kier alpha value is -6.88. The Kier molecular flexibility index (Phi) is 20.9.